The Hall–Kier alpha value is -2.81. The summed E-state index contributed by atoms with van der Waals surface area (Å²) in [6, 6.07) is 5.78. The molecule has 2 aromatic rings. The van der Waals surface area contributed by atoms with E-state index in [0.29, 0.717) is 5.69 Å². The van der Waals surface area contributed by atoms with Crippen molar-refractivity contribution < 1.29 is 13.9 Å². The quantitative estimate of drug-likeness (QED) is 0.799. The van der Waals surface area contributed by atoms with E-state index in [9.17, 15) is 9.18 Å². The Morgan fingerprint density at radius 1 is 1.40 bits per heavy atom. The van der Waals surface area contributed by atoms with Crippen LogP contribution in [0.5, 0.6) is 0 Å². The van der Waals surface area contributed by atoms with Gasteiger partial charge in [-0.1, -0.05) is 6.07 Å². The average Bonchev–Trinajstić information content (AvgIpc) is 2.46. The number of ether oxygens (including phenoxy) is 1. The molecule has 1 heterocycles. The molecule has 0 radical (unpaired) electrons. The van der Waals surface area contributed by atoms with Gasteiger partial charge in [0.1, 0.15) is 12.4 Å². The topological polar surface area (TPSA) is 75.9 Å². The van der Waals surface area contributed by atoms with Crippen LogP contribution in [0.15, 0.2) is 30.6 Å². The van der Waals surface area contributed by atoms with Crippen LogP contribution in [-0.4, -0.2) is 15.9 Å². The molecule has 6 heteroatoms. The first kappa shape index (κ1) is 13.6. The highest BCUT2D eigenvalue weighted by Gasteiger charge is 2.11. The molecule has 0 saturated carbocycles. The molecule has 0 atom stereocenters. The van der Waals surface area contributed by atoms with Crippen LogP contribution in [0, 0.1) is 24.1 Å². The summed E-state index contributed by atoms with van der Waals surface area (Å²) in [5.41, 5.74) is 1.14. The van der Waals surface area contributed by atoms with E-state index in [2.05, 4.69) is 9.97 Å². The van der Waals surface area contributed by atoms with Crippen LogP contribution >= 0.6 is 0 Å². The third-order valence-corrected chi connectivity index (χ3v) is 2.53. The lowest BCUT2D eigenvalue weighted by Crippen LogP contribution is -2.09. The number of aryl methyl sites for hydroxylation is 1. The van der Waals surface area contributed by atoms with Crippen LogP contribution < -0.4 is 0 Å². The number of carbonyl (C=O) groups is 1. The second-order valence-electron chi connectivity index (χ2n) is 4.04. The maximum absolute atomic E-state index is 13.6. The van der Waals surface area contributed by atoms with Gasteiger partial charge in [-0.3, -0.25) is 4.98 Å². The van der Waals surface area contributed by atoms with Gasteiger partial charge >= 0.3 is 5.97 Å². The van der Waals surface area contributed by atoms with E-state index in [-0.39, 0.29) is 23.4 Å². The fourth-order valence-corrected chi connectivity index (χ4v) is 1.45. The summed E-state index contributed by atoms with van der Waals surface area (Å²) in [6.45, 7) is 1.51. The minimum Gasteiger partial charge on any atom is -0.456 e. The van der Waals surface area contributed by atoms with Crippen LogP contribution in [-0.2, 0) is 11.3 Å². The highest BCUT2D eigenvalue weighted by molar-refractivity contribution is 5.86. The molecule has 2 rings (SSSR count). The molecule has 0 amide bonds. The molecule has 0 aliphatic rings. The van der Waals surface area contributed by atoms with E-state index in [0.717, 1.165) is 6.07 Å². The Labute approximate surface area is 114 Å². The summed E-state index contributed by atoms with van der Waals surface area (Å²) in [6.07, 6.45) is 2.74. The number of carbonyl (C=O) groups excluding carboxylic acids is 1. The second kappa shape index (κ2) is 5.89. The molecule has 0 unspecified atom stereocenters. The van der Waals surface area contributed by atoms with Crippen molar-refractivity contribution in [3.63, 3.8) is 0 Å². The standard InChI is InChI=1S/C14H10FN3O2/c1-9-6-18-13(7-17-9)14(19)20-8-11-3-2-10(5-16)4-12(11)15/h2-4,6-7H,8H2,1H3. The predicted molar refractivity (Wildman–Crippen MR) is 67.0 cm³/mol. The van der Waals surface area contributed by atoms with Crippen molar-refractivity contribution in [1.82, 2.24) is 9.97 Å². The van der Waals surface area contributed by atoms with E-state index in [1.54, 1.807) is 6.92 Å². The number of aromatic nitrogens is 2. The Balaban J connectivity index is 2.04. The molecule has 100 valence electrons. The van der Waals surface area contributed by atoms with Crippen molar-refractivity contribution in [1.29, 1.82) is 5.26 Å². The predicted octanol–water partition coefficient (Wildman–Crippen LogP) is 2.15. The normalized spacial score (nSPS) is 9.85. The van der Waals surface area contributed by atoms with E-state index >= 15 is 0 Å². The van der Waals surface area contributed by atoms with Crippen LogP contribution in [0.2, 0.25) is 0 Å². The first-order chi connectivity index (χ1) is 9.60. The fraction of sp³-hybridized carbons (Fsp3) is 0.143. The van der Waals surface area contributed by atoms with Gasteiger partial charge in [0, 0.05) is 11.8 Å². The highest BCUT2D eigenvalue weighted by Crippen LogP contribution is 2.12. The van der Waals surface area contributed by atoms with Crippen molar-refractivity contribution in [2.75, 3.05) is 0 Å². The largest absolute Gasteiger partial charge is 0.456 e. The van der Waals surface area contributed by atoms with E-state index in [1.165, 1.54) is 24.5 Å². The molecule has 0 bridgehead atoms. The summed E-state index contributed by atoms with van der Waals surface area (Å²) >= 11 is 0. The summed E-state index contributed by atoms with van der Waals surface area (Å²) < 4.78 is 18.5. The van der Waals surface area contributed by atoms with Gasteiger partial charge in [-0.25, -0.2) is 14.2 Å². The second-order valence-corrected chi connectivity index (χ2v) is 4.04. The van der Waals surface area contributed by atoms with Crippen LogP contribution in [0.1, 0.15) is 27.3 Å². The van der Waals surface area contributed by atoms with Gasteiger partial charge in [-0.15, -0.1) is 0 Å². The van der Waals surface area contributed by atoms with Gasteiger partial charge in [-0.05, 0) is 19.1 Å². The van der Waals surface area contributed by atoms with Crippen molar-refractivity contribution in [3.8, 4) is 6.07 Å². The molecule has 0 aliphatic carbocycles. The molecule has 5 nitrogen and oxygen atoms in total. The SMILES string of the molecule is Cc1cnc(C(=O)OCc2ccc(C#N)cc2F)cn1. The number of nitrogens with zero attached hydrogens (tertiary/aromatic N) is 3. The lowest BCUT2D eigenvalue weighted by atomic mass is 10.1. The molecular formula is C14H10FN3O2. The number of benzene rings is 1. The summed E-state index contributed by atoms with van der Waals surface area (Å²) in [4.78, 5) is 19.5. The molecule has 20 heavy (non-hydrogen) atoms. The number of halogens is 1. The van der Waals surface area contributed by atoms with Crippen molar-refractivity contribution in [2.24, 2.45) is 0 Å². The average molecular weight is 271 g/mol. The zero-order valence-electron chi connectivity index (χ0n) is 10.6. The van der Waals surface area contributed by atoms with Crippen LogP contribution in [0.4, 0.5) is 4.39 Å². The lowest BCUT2D eigenvalue weighted by molar-refractivity contribution is 0.0461. The summed E-state index contributed by atoms with van der Waals surface area (Å²) in [5.74, 6) is -1.27. The molecule has 0 aliphatic heterocycles. The van der Waals surface area contributed by atoms with Gasteiger partial charge in [0.2, 0.25) is 0 Å². The maximum Gasteiger partial charge on any atom is 0.358 e. The zero-order chi connectivity index (χ0) is 14.5. The first-order valence-electron chi connectivity index (χ1n) is 5.74. The van der Waals surface area contributed by atoms with Crippen molar-refractivity contribution >= 4 is 5.97 Å². The summed E-state index contributed by atoms with van der Waals surface area (Å²) in [5, 5.41) is 8.62. The van der Waals surface area contributed by atoms with E-state index in [4.69, 9.17) is 10.00 Å². The Bertz CT molecular complexity index is 678. The lowest BCUT2D eigenvalue weighted by Gasteiger charge is -2.05. The minimum atomic E-state index is -0.679. The van der Waals surface area contributed by atoms with E-state index < -0.39 is 11.8 Å². The number of hydrogen-bond acceptors (Lipinski definition) is 5. The minimum absolute atomic E-state index is 0.0599. The first-order valence-corrected chi connectivity index (χ1v) is 5.74. The Morgan fingerprint density at radius 3 is 2.80 bits per heavy atom. The van der Waals surface area contributed by atoms with Gasteiger partial charge in [0.05, 0.1) is 23.5 Å². The van der Waals surface area contributed by atoms with E-state index in [1.807, 2.05) is 6.07 Å². The Morgan fingerprint density at radius 2 is 2.20 bits per heavy atom. The number of rotatable bonds is 3. The van der Waals surface area contributed by atoms with Gasteiger partial charge in [0.15, 0.2) is 5.69 Å². The molecular weight excluding hydrogens is 261 g/mol. The maximum atomic E-state index is 13.6. The van der Waals surface area contributed by atoms with Crippen molar-refractivity contribution in [2.45, 2.75) is 13.5 Å². The third kappa shape index (κ3) is 3.14. The molecule has 0 N–H and O–H groups in total. The molecule has 1 aromatic carbocycles. The molecule has 0 fully saturated rings. The van der Waals surface area contributed by atoms with Gasteiger partial charge in [0.25, 0.3) is 0 Å². The van der Waals surface area contributed by atoms with Gasteiger partial charge in [-0.2, -0.15) is 5.26 Å². The Kier molecular flexibility index (Phi) is 4.01. The van der Waals surface area contributed by atoms with Crippen LogP contribution in [0.3, 0.4) is 0 Å². The molecule has 0 saturated heterocycles. The number of esters is 1. The summed E-state index contributed by atoms with van der Waals surface area (Å²) in [7, 11) is 0. The monoisotopic (exact) mass is 271 g/mol. The van der Waals surface area contributed by atoms with Crippen molar-refractivity contribution in [3.05, 3.63) is 58.9 Å². The smallest absolute Gasteiger partial charge is 0.358 e. The zero-order valence-corrected chi connectivity index (χ0v) is 10.6. The molecule has 1 aromatic heterocycles. The van der Waals surface area contributed by atoms with Crippen LogP contribution in [0.25, 0.3) is 0 Å². The van der Waals surface area contributed by atoms with Gasteiger partial charge < -0.3 is 4.74 Å². The number of hydrogen-bond donors (Lipinski definition) is 0. The molecule has 0 spiro atoms. The fourth-order valence-electron chi connectivity index (χ4n) is 1.45. The number of nitriles is 1. The highest BCUT2D eigenvalue weighted by atomic mass is 19.1. The third-order valence-electron chi connectivity index (χ3n) is 2.53.